The number of hydrogen-bond donors (Lipinski definition) is 1. The Hall–Kier alpha value is -1.31. The van der Waals surface area contributed by atoms with Crippen molar-refractivity contribution in [2.45, 2.75) is 13.8 Å². The highest BCUT2D eigenvalue weighted by Crippen LogP contribution is 2.08. The summed E-state index contributed by atoms with van der Waals surface area (Å²) in [7, 11) is 0. The normalized spacial score (nSPS) is 10.1. The fourth-order valence-corrected chi connectivity index (χ4v) is 1.00. The van der Waals surface area contributed by atoms with E-state index in [0.29, 0.717) is 5.92 Å². The van der Waals surface area contributed by atoms with Crippen molar-refractivity contribution in [3.8, 4) is 0 Å². The summed E-state index contributed by atoms with van der Waals surface area (Å²) in [5, 5.41) is 3.28. The Morgan fingerprint density at radius 2 is 1.92 bits per heavy atom. The summed E-state index contributed by atoms with van der Waals surface area (Å²) in [6.45, 7) is 5.28. The van der Waals surface area contributed by atoms with Crippen LogP contribution in [0.4, 0.5) is 5.69 Å². The third kappa shape index (κ3) is 3.28. The van der Waals surface area contributed by atoms with Gasteiger partial charge in [-0.2, -0.15) is 0 Å². The summed E-state index contributed by atoms with van der Waals surface area (Å²) in [6, 6.07) is 7.48. The Kier molecular flexibility index (Phi) is 3.50. The number of benzene rings is 1. The summed E-state index contributed by atoms with van der Waals surface area (Å²) in [5.74, 6) is 0.630. The van der Waals surface area contributed by atoms with E-state index < -0.39 is 0 Å². The molecule has 0 bridgehead atoms. The van der Waals surface area contributed by atoms with Gasteiger partial charge in [0.1, 0.15) is 6.29 Å². The summed E-state index contributed by atoms with van der Waals surface area (Å²) in [4.78, 5) is 10.4. The summed E-state index contributed by atoms with van der Waals surface area (Å²) < 4.78 is 0. The fourth-order valence-electron chi connectivity index (χ4n) is 1.00. The van der Waals surface area contributed by atoms with Crippen LogP contribution in [0.2, 0.25) is 0 Å². The lowest BCUT2D eigenvalue weighted by Crippen LogP contribution is -2.07. The summed E-state index contributed by atoms with van der Waals surface area (Å²) >= 11 is 0. The van der Waals surface area contributed by atoms with E-state index in [4.69, 9.17) is 0 Å². The van der Waals surface area contributed by atoms with Gasteiger partial charge in [-0.25, -0.2) is 0 Å². The predicted molar refractivity (Wildman–Crippen MR) is 55.2 cm³/mol. The van der Waals surface area contributed by atoms with Gasteiger partial charge in [-0.05, 0) is 30.2 Å². The van der Waals surface area contributed by atoms with Crippen LogP contribution in [-0.2, 0) is 0 Å². The van der Waals surface area contributed by atoms with E-state index in [1.807, 2.05) is 24.3 Å². The number of anilines is 1. The Balaban J connectivity index is 2.54. The zero-order chi connectivity index (χ0) is 9.68. The summed E-state index contributed by atoms with van der Waals surface area (Å²) in [6.07, 6.45) is 0.853. The molecule has 13 heavy (non-hydrogen) atoms. The minimum Gasteiger partial charge on any atom is -0.385 e. The average molecular weight is 177 g/mol. The van der Waals surface area contributed by atoms with Gasteiger partial charge in [0, 0.05) is 17.8 Å². The van der Waals surface area contributed by atoms with Crippen LogP contribution in [0.25, 0.3) is 0 Å². The van der Waals surface area contributed by atoms with Crippen LogP contribution in [-0.4, -0.2) is 12.8 Å². The Morgan fingerprint density at radius 3 is 2.38 bits per heavy atom. The molecule has 0 aromatic heterocycles. The number of carbonyl (C=O) groups excluding carboxylic acids is 1. The highest BCUT2D eigenvalue weighted by Gasteiger charge is 1.94. The molecule has 0 radical (unpaired) electrons. The van der Waals surface area contributed by atoms with E-state index in [-0.39, 0.29) is 0 Å². The maximum Gasteiger partial charge on any atom is 0.150 e. The molecular weight excluding hydrogens is 162 g/mol. The third-order valence-electron chi connectivity index (χ3n) is 1.76. The van der Waals surface area contributed by atoms with Gasteiger partial charge < -0.3 is 5.32 Å². The molecule has 0 unspecified atom stereocenters. The SMILES string of the molecule is CC(C)CNc1ccc(C=O)cc1. The minimum absolute atomic E-state index is 0.630. The number of hydrogen-bond acceptors (Lipinski definition) is 2. The Bertz CT molecular complexity index is 264. The Labute approximate surface area is 79.0 Å². The van der Waals surface area contributed by atoms with Gasteiger partial charge in [0.05, 0.1) is 0 Å². The second kappa shape index (κ2) is 4.65. The highest BCUT2D eigenvalue weighted by atomic mass is 16.1. The van der Waals surface area contributed by atoms with E-state index in [1.54, 1.807) is 0 Å². The lowest BCUT2D eigenvalue weighted by atomic mass is 10.2. The first-order valence-electron chi connectivity index (χ1n) is 4.51. The van der Waals surface area contributed by atoms with Gasteiger partial charge >= 0.3 is 0 Å². The van der Waals surface area contributed by atoms with Crippen molar-refractivity contribution in [1.29, 1.82) is 0 Å². The van der Waals surface area contributed by atoms with E-state index in [1.165, 1.54) is 0 Å². The zero-order valence-electron chi connectivity index (χ0n) is 8.08. The van der Waals surface area contributed by atoms with Crippen LogP contribution in [0.3, 0.4) is 0 Å². The van der Waals surface area contributed by atoms with Gasteiger partial charge in [0.15, 0.2) is 0 Å². The second-order valence-electron chi connectivity index (χ2n) is 3.51. The number of rotatable bonds is 4. The van der Waals surface area contributed by atoms with Crippen LogP contribution < -0.4 is 5.32 Å². The van der Waals surface area contributed by atoms with Gasteiger partial charge in [0.25, 0.3) is 0 Å². The van der Waals surface area contributed by atoms with Gasteiger partial charge in [0.2, 0.25) is 0 Å². The number of carbonyl (C=O) groups is 1. The molecule has 0 aliphatic heterocycles. The zero-order valence-corrected chi connectivity index (χ0v) is 8.08. The average Bonchev–Trinajstić information content (AvgIpc) is 2.15. The van der Waals surface area contributed by atoms with E-state index in [0.717, 1.165) is 24.1 Å². The molecule has 1 aromatic rings. The van der Waals surface area contributed by atoms with E-state index >= 15 is 0 Å². The highest BCUT2D eigenvalue weighted by molar-refractivity contribution is 5.75. The first kappa shape index (κ1) is 9.78. The maximum atomic E-state index is 10.4. The summed E-state index contributed by atoms with van der Waals surface area (Å²) in [5.41, 5.74) is 1.79. The molecule has 0 spiro atoms. The van der Waals surface area contributed by atoms with Gasteiger partial charge in [-0.3, -0.25) is 4.79 Å². The number of nitrogens with one attached hydrogen (secondary N) is 1. The van der Waals surface area contributed by atoms with Crippen molar-refractivity contribution in [3.63, 3.8) is 0 Å². The van der Waals surface area contributed by atoms with Crippen molar-refractivity contribution in [2.75, 3.05) is 11.9 Å². The smallest absolute Gasteiger partial charge is 0.150 e. The van der Waals surface area contributed by atoms with E-state index in [2.05, 4.69) is 19.2 Å². The first-order chi connectivity index (χ1) is 6.22. The van der Waals surface area contributed by atoms with Gasteiger partial charge in [-0.1, -0.05) is 13.8 Å². The van der Waals surface area contributed by atoms with E-state index in [9.17, 15) is 4.79 Å². The molecule has 0 amide bonds. The van der Waals surface area contributed by atoms with Crippen LogP contribution in [0.5, 0.6) is 0 Å². The van der Waals surface area contributed by atoms with Crippen LogP contribution in [0.1, 0.15) is 24.2 Å². The predicted octanol–water partition coefficient (Wildman–Crippen LogP) is 2.57. The molecule has 1 rings (SSSR count). The fraction of sp³-hybridized carbons (Fsp3) is 0.364. The molecule has 1 N–H and O–H groups in total. The molecule has 0 heterocycles. The largest absolute Gasteiger partial charge is 0.385 e. The van der Waals surface area contributed by atoms with Crippen LogP contribution >= 0.6 is 0 Å². The van der Waals surface area contributed by atoms with Gasteiger partial charge in [-0.15, -0.1) is 0 Å². The Morgan fingerprint density at radius 1 is 1.31 bits per heavy atom. The molecule has 2 nitrogen and oxygen atoms in total. The van der Waals surface area contributed by atoms with Crippen molar-refractivity contribution >= 4 is 12.0 Å². The molecule has 0 atom stereocenters. The third-order valence-corrected chi connectivity index (χ3v) is 1.76. The van der Waals surface area contributed by atoms with Crippen molar-refractivity contribution in [2.24, 2.45) is 5.92 Å². The lowest BCUT2D eigenvalue weighted by Gasteiger charge is -2.08. The van der Waals surface area contributed by atoms with Crippen LogP contribution in [0.15, 0.2) is 24.3 Å². The molecule has 2 heteroatoms. The second-order valence-corrected chi connectivity index (χ2v) is 3.51. The molecule has 1 aromatic carbocycles. The van der Waals surface area contributed by atoms with Crippen molar-refractivity contribution < 1.29 is 4.79 Å². The molecule has 70 valence electrons. The molecule has 0 fully saturated rings. The number of aldehydes is 1. The molecule has 0 saturated carbocycles. The minimum atomic E-state index is 0.630. The molecule has 0 saturated heterocycles. The molecule has 0 aliphatic carbocycles. The quantitative estimate of drug-likeness (QED) is 0.716. The molecule has 0 aliphatic rings. The molecular formula is C11H15NO. The van der Waals surface area contributed by atoms with Crippen molar-refractivity contribution in [1.82, 2.24) is 0 Å². The van der Waals surface area contributed by atoms with Crippen LogP contribution in [0, 0.1) is 5.92 Å². The lowest BCUT2D eigenvalue weighted by molar-refractivity contribution is 0.112. The maximum absolute atomic E-state index is 10.4. The topological polar surface area (TPSA) is 29.1 Å². The first-order valence-corrected chi connectivity index (χ1v) is 4.51. The monoisotopic (exact) mass is 177 g/mol. The standard InChI is InChI=1S/C11H15NO/c1-9(2)7-12-11-5-3-10(8-13)4-6-11/h3-6,8-9,12H,7H2,1-2H3. The van der Waals surface area contributed by atoms with Crippen molar-refractivity contribution in [3.05, 3.63) is 29.8 Å².